The van der Waals surface area contributed by atoms with Crippen LogP contribution in [0.5, 0.6) is 11.5 Å². The van der Waals surface area contributed by atoms with E-state index in [0.717, 1.165) is 0 Å². The van der Waals surface area contributed by atoms with Crippen LogP contribution >= 0.6 is 11.8 Å². The molecular formula is C11H11N3O3S. The van der Waals surface area contributed by atoms with Crippen LogP contribution in [0.3, 0.4) is 0 Å². The molecule has 18 heavy (non-hydrogen) atoms. The number of hydrogen-bond acceptors (Lipinski definition) is 5. The number of hydrogen-bond donors (Lipinski definition) is 0. The third kappa shape index (κ3) is 1.80. The topological polar surface area (TPSA) is 63.5 Å². The molecule has 0 spiro atoms. The van der Waals surface area contributed by atoms with Crippen molar-refractivity contribution in [2.75, 3.05) is 24.4 Å². The lowest BCUT2D eigenvalue weighted by Crippen LogP contribution is -2.30. The molecule has 0 fully saturated rings. The monoisotopic (exact) mass is 265 g/mol. The van der Waals surface area contributed by atoms with Gasteiger partial charge in [-0.25, -0.2) is 4.79 Å². The van der Waals surface area contributed by atoms with Gasteiger partial charge >= 0.3 is 6.03 Å². The molecule has 2 heterocycles. The van der Waals surface area contributed by atoms with Crippen molar-refractivity contribution in [2.24, 2.45) is 10.2 Å². The van der Waals surface area contributed by atoms with Crippen LogP contribution in [0.1, 0.15) is 0 Å². The Morgan fingerprint density at radius 1 is 1.33 bits per heavy atom. The zero-order valence-electron chi connectivity index (χ0n) is 9.70. The normalized spacial score (nSPS) is 21.5. The summed E-state index contributed by atoms with van der Waals surface area (Å²) in [6.07, 6.45) is 1.88. The maximum Gasteiger partial charge on any atom is 0.368 e. The van der Waals surface area contributed by atoms with Crippen molar-refractivity contribution in [3.8, 4) is 11.5 Å². The van der Waals surface area contributed by atoms with Gasteiger partial charge in [0.2, 0.25) is 0 Å². The van der Waals surface area contributed by atoms with E-state index in [2.05, 4.69) is 10.2 Å². The van der Waals surface area contributed by atoms with Crippen LogP contribution < -0.4 is 14.4 Å². The summed E-state index contributed by atoms with van der Waals surface area (Å²) in [5.41, 5.74) is 0.411. The molecule has 94 valence electrons. The Hall–Kier alpha value is -1.76. The average molecular weight is 265 g/mol. The number of azo groups is 1. The molecule has 0 radical (unpaired) electrons. The first-order chi connectivity index (χ1) is 8.79. The van der Waals surface area contributed by atoms with E-state index < -0.39 is 0 Å². The number of nitrogens with zero attached hydrogens (tertiary/aromatic N) is 3. The lowest BCUT2D eigenvalue weighted by atomic mass is 10.2. The van der Waals surface area contributed by atoms with Crippen molar-refractivity contribution in [1.29, 1.82) is 0 Å². The number of carbonyl (C=O) groups is 1. The summed E-state index contributed by atoms with van der Waals surface area (Å²) in [6.45, 7) is 1.07. The molecule has 6 nitrogen and oxygen atoms in total. The molecule has 2 amide bonds. The van der Waals surface area contributed by atoms with E-state index in [4.69, 9.17) is 9.47 Å². The van der Waals surface area contributed by atoms with E-state index in [0.29, 0.717) is 30.4 Å². The van der Waals surface area contributed by atoms with E-state index in [-0.39, 0.29) is 11.5 Å². The van der Waals surface area contributed by atoms with Crippen LogP contribution in [-0.2, 0) is 0 Å². The summed E-state index contributed by atoms with van der Waals surface area (Å²) < 4.78 is 10.9. The maximum atomic E-state index is 11.7. The number of ether oxygens (including phenoxy) is 2. The van der Waals surface area contributed by atoms with Crippen molar-refractivity contribution < 1.29 is 14.3 Å². The smallest absolute Gasteiger partial charge is 0.368 e. The van der Waals surface area contributed by atoms with Crippen molar-refractivity contribution in [1.82, 2.24) is 0 Å². The maximum absolute atomic E-state index is 11.7. The number of rotatable bonds is 2. The highest BCUT2D eigenvalue weighted by atomic mass is 32.2. The van der Waals surface area contributed by atoms with Crippen LogP contribution in [0.4, 0.5) is 10.5 Å². The first kappa shape index (κ1) is 11.3. The molecule has 1 unspecified atom stereocenters. The first-order valence-electron chi connectivity index (χ1n) is 5.46. The lowest BCUT2D eigenvalue weighted by Gasteiger charge is -2.23. The first-order valence-corrected chi connectivity index (χ1v) is 6.75. The Morgan fingerprint density at radius 2 is 2.11 bits per heavy atom. The molecule has 1 atom stereocenters. The number of fused-ring (bicyclic) bond motifs is 1. The predicted molar refractivity (Wildman–Crippen MR) is 67.5 cm³/mol. The number of benzene rings is 1. The Kier molecular flexibility index (Phi) is 2.83. The molecule has 0 bridgehead atoms. The zero-order valence-corrected chi connectivity index (χ0v) is 10.5. The molecule has 7 heteroatoms. The van der Waals surface area contributed by atoms with Gasteiger partial charge in [0, 0.05) is 6.07 Å². The van der Waals surface area contributed by atoms with Crippen LogP contribution in [0.25, 0.3) is 0 Å². The van der Waals surface area contributed by atoms with Gasteiger partial charge in [-0.1, -0.05) is 5.11 Å². The predicted octanol–water partition coefficient (Wildman–Crippen LogP) is 2.50. The van der Waals surface area contributed by atoms with Crippen LogP contribution in [0.15, 0.2) is 28.4 Å². The highest BCUT2D eigenvalue weighted by Crippen LogP contribution is 2.37. The second-order valence-electron chi connectivity index (χ2n) is 3.76. The Labute approximate surface area is 108 Å². The van der Waals surface area contributed by atoms with Gasteiger partial charge in [-0.05, 0) is 18.4 Å². The Bertz CT molecular complexity index is 520. The number of urea groups is 1. The van der Waals surface area contributed by atoms with E-state index in [1.165, 1.54) is 16.7 Å². The van der Waals surface area contributed by atoms with E-state index in [1.54, 1.807) is 12.1 Å². The molecule has 0 N–H and O–H groups in total. The second kappa shape index (κ2) is 4.49. The molecular weight excluding hydrogens is 254 g/mol. The molecule has 0 aliphatic carbocycles. The lowest BCUT2D eigenvalue weighted by molar-refractivity contribution is 0.171. The molecule has 1 aromatic rings. The minimum atomic E-state index is -0.356. The molecule has 3 rings (SSSR count). The third-order valence-corrected chi connectivity index (χ3v) is 3.41. The number of thioether (sulfide) groups is 1. The van der Waals surface area contributed by atoms with Gasteiger partial charge in [-0.2, -0.15) is 0 Å². The minimum Gasteiger partial charge on any atom is -0.486 e. The van der Waals surface area contributed by atoms with Crippen molar-refractivity contribution in [2.45, 2.75) is 5.50 Å². The van der Waals surface area contributed by atoms with Gasteiger partial charge in [-0.15, -0.1) is 16.9 Å². The fourth-order valence-corrected chi connectivity index (χ4v) is 2.43. The number of anilines is 1. The fourth-order valence-electron chi connectivity index (χ4n) is 1.87. The summed E-state index contributed by atoms with van der Waals surface area (Å²) in [5.74, 6) is 1.35. The van der Waals surface area contributed by atoms with Gasteiger partial charge in [0.1, 0.15) is 13.2 Å². The summed E-state index contributed by atoms with van der Waals surface area (Å²) >= 11 is 1.45. The van der Waals surface area contributed by atoms with Gasteiger partial charge in [0.05, 0.1) is 5.69 Å². The van der Waals surface area contributed by atoms with Crippen LogP contribution in [0.2, 0.25) is 0 Å². The summed E-state index contributed by atoms with van der Waals surface area (Å²) in [6, 6.07) is 5.04. The highest BCUT2D eigenvalue weighted by molar-refractivity contribution is 7.99. The molecule has 0 aromatic heterocycles. The minimum absolute atomic E-state index is 0.306. The van der Waals surface area contributed by atoms with Gasteiger partial charge in [-0.3, -0.25) is 4.90 Å². The molecule has 0 saturated heterocycles. The van der Waals surface area contributed by atoms with Crippen molar-refractivity contribution >= 4 is 23.5 Å². The van der Waals surface area contributed by atoms with Gasteiger partial charge in [0.15, 0.2) is 17.0 Å². The van der Waals surface area contributed by atoms with Gasteiger partial charge < -0.3 is 9.47 Å². The summed E-state index contributed by atoms with van der Waals surface area (Å²) in [4.78, 5) is 13.2. The quantitative estimate of drug-likeness (QED) is 0.824. The summed E-state index contributed by atoms with van der Waals surface area (Å²) in [7, 11) is 0. The van der Waals surface area contributed by atoms with Crippen molar-refractivity contribution in [3.63, 3.8) is 0 Å². The molecule has 2 aliphatic rings. The van der Waals surface area contributed by atoms with Crippen molar-refractivity contribution in [3.05, 3.63) is 18.2 Å². The van der Waals surface area contributed by atoms with E-state index >= 15 is 0 Å². The van der Waals surface area contributed by atoms with Crippen LogP contribution in [0, 0.1) is 0 Å². The average Bonchev–Trinajstić information content (AvgIpc) is 2.79. The standard InChI is InChI=1S/C11H11N3O3S/c1-18-11-13-12-10(15)14(11)7-2-3-8-9(6-7)17-5-4-16-8/h2-3,6,11H,4-5H2,1H3. The SMILES string of the molecule is CSC1N=NC(=O)N1c1ccc2c(c1)OCCO2. The molecule has 1 aromatic carbocycles. The van der Waals surface area contributed by atoms with Gasteiger partial charge in [0.25, 0.3) is 0 Å². The van der Waals surface area contributed by atoms with E-state index in [1.807, 2.05) is 12.3 Å². The molecule has 0 saturated carbocycles. The highest BCUT2D eigenvalue weighted by Gasteiger charge is 2.30. The van der Waals surface area contributed by atoms with E-state index in [9.17, 15) is 4.79 Å². The fraction of sp³-hybridized carbons (Fsp3) is 0.364. The summed E-state index contributed by atoms with van der Waals surface area (Å²) in [5, 5.41) is 7.47. The second-order valence-corrected chi connectivity index (χ2v) is 4.65. The third-order valence-electron chi connectivity index (χ3n) is 2.68. The zero-order chi connectivity index (χ0) is 12.5. The number of amides is 2. The Balaban J connectivity index is 1.94. The van der Waals surface area contributed by atoms with Crippen LogP contribution in [-0.4, -0.2) is 31.0 Å². The largest absolute Gasteiger partial charge is 0.486 e. The Morgan fingerprint density at radius 3 is 2.89 bits per heavy atom. The molecule has 2 aliphatic heterocycles. The number of carbonyl (C=O) groups excluding carboxylic acids is 1.